The number of amides is 1. The van der Waals surface area contributed by atoms with E-state index in [2.05, 4.69) is 61.6 Å². The molecule has 206 valence electrons. The number of benzene rings is 3. The maximum Gasteiger partial charge on any atom is 0.264 e. The first kappa shape index (κ1) is 28.9. The molecule has 9 heteroatoms. The fourth-order valence-electron chi connectivity index (χ4n) is 5.18. The van der Waals surface area contributed by atoms with Crippen LogP contribution in [0.2, 0.25) is 0 Å². The lowest BCUT2D eigenvalue weighted by Crippen LogP contribution is -2.44. The molecule has 3 aromatic carbocycles. The quantitative estimate of drug-likeness (QED) is 0.162. The molecule has 1 amide bonds. The van der Waals surface area contributed by atoms with Crippen molar-refractivity contribution in [1.29, 1.82) is 0 Å². The fraction of sp³-hybridized carbons (Fsp3) is 0.258. The number of hydrogen-bond acceptors (Lipinski definition) is 5. The SMILES string of the molecule is C[C@@H](/C=C/CCn1cc(C(CO)c2ccccc2)nn1)[C@]1(O)C(=O)N(Cc2cccc(I)c2)c2ccc(I)cc21. The van der Waals surface area contributed by atoms with Gasteiger partial charge in [0.25, 0.3) is 5.91 Å². The highest BCUT2D eigenvalue weighted by molar-refractivity contribution is 14.1. The zero-order chi connectivity index (χ0) is 28.3. The first-order chi connectivity index (χ1) is 19.3. The number of fused-ring (bicyclic) bond motifs is 1. The number of hydrogen-bond donors (Lipinski definition) is 2. The minimum Gasteiger partial charge on any atom is -0.395 e. The van der Waals surface area contributed by atoms with Crippen LogP contribution in [-0.4, -0.2) is 37.7 Å². The van der Waals surface area contributed by atoms with Crippen LogP contribution in [0.25, 0.3) is 0 Å². The molecule has 2 heterocycles. The molecule has 40 heavy (non-hydrogen) atoms. The third-order valence-corrected chi connectivity index (χ3v) is 8.71. The van der Waals surface area contributed by atoms with Crippen molar-refractivity contribution < 1.29 is 15.0 Å². The van der Waals surface area contributed by atoms with Crippen LogP contribution in [0.15, 0.2) is 91.1 Å². The zero-order valence-electron chi connectivity index (χ0n) is 22.0. The van der Waals surface area contributed by atoms with E-state index >= 15 is 0 Å². The Morgan fingerprint density at radius 1 is 1.02 bits per heavy atom. The number of rotatable bonds is 10. The summed E-state index contributed by atoms with van der Waals surface area (Å²) in [6, 6.07) is 23.6. The van der Waals surface area contributed by atoms with Gasteiger partial charge >= 0.3 is 0 Å². The Bertz CT molecular complexity index is 1520. The van der Waals surface area contributed by atoms with E-state index in [0.29, 0.717) is 25.1 Å². The Labute approximate surface area is 261 Å². The van der Waals surface area contributed by atoms with Gasteiger partial charge in [-0.1, -0.05) is 66.8 Å². The van der Waals surface area contributed by atoms with Crippen molar-refractivity contribution in [3.05, 3.63) is 121 Å². The number of aliphatic hydroxyl groups excluding tert-OH is 1. The van der Waals surface area contributed by atoms with Gasteiger partial charge in [-0.25, -0.2) is 0 Å². The van der Waals surface area contributed by atoms with Crippen LogP contribution in [0.5, 0.6) is 0 Å². The smallest absolute Gasteiger partial charge is 0.264 e. The molecule has 5 rings (SSSR count). The van der Waals surface area contributed by atoms with E-state index < -0.39 is 11.5 Å². The predicted molar refractivity (Wildman–Crippen MR) is 172 cm³/mol. The van der Waals surface area contributed by atoms with Crippen LogP contribution in [-0.2, 0) is 23.5 Å². The molecule has 0 radical (unpaired) electrons. The molecule has 1 aliphatic heterocycles. The van der Waals surface area contributed by atoms with Crippen molar-refractivity contribution >= 4 is 56.8 Å². The Kier molecular flexibility index (Phi) is 9.03. The maximum absolute atomic E-state index is 13.8. The second kappa shape index (κ2) is 12.5. The molecule has 4 aromatic rings. The number of anilines is 1. The molecule has 1 aromatic heterocycles. The molecule has 0 fully saturated rings. The topological polar surface area (TPSA) is 91.5 Å². The van der Waals surface area contributed by atoms with Gasteiger partial charge in [-0.3, -0.25) is 9.48 Å². The average Bonchev–Trinajstić information content (AvgIpc) is 3.50. The molecule has 0 aliphatic carbocycles. The molecule has 0 saturated heterocycles. The van der Waals surface area contributed by atoms with Crippen LogP contribution in [0.1, 0.15) is 41.6 Å². The first-order valence-electron chi connectivity index (χ1n) is 13.1. The number of aliphatic hydroxyl groups is 2. The summed E-state index contributed by atoms with van der Waals surface area (Å²) in [5.74, 6) is -0.975. The molecule has 0 bridgehead atoms. The van der Waals surface area contributed by atoms with Crippen molar-refractivity contribution in [2.24, 2.45) is 5.92 Å². The van der Waals surface area contributed by atoms with Crippen molar-refractivity contribution in [3.8, 4) is 0 Å². The van der Waals surface area contributed by atoms with E-state index in [0.717, 1.165) is 29.6 Å². The largest absolute Gasteiger partial charge is 0.395 e. The summed E-state index contributed by atoms with van der Waals surface area (Å²) in [7, 11) is 0. The summed E-state index contributed by atoms with van der Waals surface area (Å²) in [4.78, 5) is 15.5. The highest BCUT2D eigenvalue weighted by Crippen LogP contribution is 2.46. The van der Waals surface area contributed by atoms with Crippen LogP contribution in [0.4, 0.5) is 5.69 Å². The molecule has 0 spiro atoms. The van der Waals surface area contributed by atoms with Crippen molar-refractivity contribution in [1.82, 2.24) is 15.0 Å². The Balaban J connectivity index is 1.29. The van der Waals surface area contributed by atoms with E-state index in [1.165, 1.54) is 0 Å². The molecule has 3 atom stereocenters. The number of aryl methyl sites for hydroxylation is 1. The summed E-state index contributed by atoms with van der Waals surface area (Å²) >= 11 is 4.48. The molecular weight excluding hydrogens is 730 g/mol. The fourth-order valence-corrected chi connectivity index (χ4v) is 6.28. The van der Waals surface area contributed by atoms with Gasteiger partial charge in [-0.2, -0.15) is 0 Å². The van der Waals surface area contributed by atoms with E-state index in [4.69, 9.17) is 0 Å². The number of nitrogens with zero attached hydrogens (tertiary/aromatic N) is 4. The summed E-state index contributed by atoms with van der Waals surface area (Å²) in [5.41, 5.74) is 2.46. The lowest BCUT2D eigenvalue weighted by atomic mass is 9.83. The van der Waals surface area contributed by atoms with Gasteiger partial charge in [-0.05, 0) is 93.1 Å². The average molecular weight is 760 g/mol. The monoisotopic (exact) mass is 760 g/mol. The number of aromatic nitrogens is 3. The summed E-state index contributed by atoms with van der Waals surface area (Å²) in [6.07, 6.45) is 6.40. The van der Waals surface area contributed by atoms with Gasteiger partial charge in [0, 0.05) is 31.4 Å². The summed E-state index contributed by atoms with van der Waals surface area (Å²) in [5, 5.41) is 30.4. The third-order valence-electron chi connectivity index (χ3n) is 7.37. The van der Waals surface area contributed by atoms with Crippen molar-refractivity contribution in [2.75, 3.05) is 11.5 Å². The first-order valence-corrected chi connectivity index (χ1v) is 15.3. The number of allylic oxidation sites excluding steroid dienone is 1. The van der Waals surface area contributed by atoms with Crippen molar-refractivity contribution in [3.63, 3.8) is 0 Å². The molecule has 7 nitrogen and oxygen atoms in total. The molecule has 1 aliphatic rings. The highest BCUT2D eigenvalue weighted by Gasteiger charge is 2.52. The number of halogens is 2. The minimum atomic E-state index is -1.65. The van der Waals surface area contributed by atoms with E-state index in [1.54, 1.807) is 9.58 Å². The van der Waals surface area contributed by atoms with Gasteiger partial charge in [0.2, 0.25) is 0 Å². The normalized spacial score (nSPS) is 18.3. The highest BCUT2D eigenvalue weighted by atomic mass is 127. The summed E-state index contributed by atoms with van der Waals surface area (Å²) < 4.78 is 3.82. The lowest BCUT2D eigenvalue weighted by molar-refractivity contribution is -0.139. The van der Waals surface area contributed by atoms with Crippen LogP contribution in [0, 0.1) is 13.1 Å². The third kappa shape index (κ3) is 5.88. The standard InChI is InChI=1S/C31H30I2N4O3/c1-21(8-5-6-15-36-19-28(34-35-36)26(20-38)23-10-3-2-4-11-23)31(40)27-17-25(33)13-14-29(27)37(30(31)39)18-22-9-7-12-24(32)16-22/h2-5,7-14,16-17,19,21,26,38,40H,6,15,18,20H2,1H3/b8-5+/t21-,26?,31+/m0/s1. The Hall–Kier alpha value is -2.61. The predicted octanol–water partition coefficient (Wildman–Crippen LogP) is 5.63. The molecule has 0 saturated carbocycles. The van der Waals surface area contributed by atoms with Gasteiger partial charge < -0.3 is 15.1 Å². The summed E-state index contributed by atoms with van der Waals surface area (Å²) in [6.45, 7) is 2.82. The zero-order valence-corrected chi connectivity index (χ0v) is 26.3. The Morgan fingerprint density at radius 3 is 2.55 bits per heavy atom. The molecule has 2 N–H and O–H groups in total. The van der Waals surface area contributed by atoms with Crippen LogP contribution in [0.3, 0.4) is 0 Å². The van der Waals surface area contributed by atoms with Gasteiger partial charge in [0.05, 0.1) is 30.5 Å². The minimum absolute atomic E-state index is 0.0479. The van der Waals surface area contributed by atoms with Crippen molar-refractivity contribution in [2.45, 2.75) is 38.0 Å². The van der Waals surface area contributed by atoms with Gasteiger partial charge in [0.1, 0.15) is 0 Å². The number of carbonyl (C=O) groups excluding carboxylic acids is 1. The lowest BCUT2D eigenvalue weighted by Gasteiger charge is -2.27. The van der Waals surface area contributed by atoms with E-state index in [9.17, 15) is 15.0 Å². The molecular formula is C31H30I2N4O3. The van der Waals surface area contributed by atoms with Gasteiger partial charge in [0.15, 0.2) is 5.60 Å². The number of carbonyl (C=O) groups is 1. The van der Waals surface area contributed by atoms with Crippen LogP contribution >= 0.6 is 45.2 Å². The second-order valence-corrected chi connectivity index (χ2v) is 12.5. The van der Waals surface area contributed by atoms with Crippen LogP contribution < -0.4 is 4.90 Å². The van der Waals surface area contributed by atoms with Gasteiger partial charge in [-0.15, -0.1) is 5.10 Å². The Morgan fingerprint density at radius 2 is 1.80 bits per heavy atom. The van der Waals surface area contributed by atoms with E-state index in [-0.39, 0.29) is 18.4 Å². The molecule has 1 unspecified atom stereocenters. The van der Waals surface area contributed by atoms with E-state index in [1.807, 2.05) is 92.0 Å². The second-order valence-electron chi connectivity index (χ2n) is 10.0. The maximum atomic E-state index is 13.8.